The van der Waals surface area contributed by atoms with Crippen LogP contribution in [0.2, 0.25) is 0 Å². The van der Waals surface area contributed by atoms with Gasteiger partial charge < -0.3 is 4.74 Å². The fourth-order valence-corrected chi connectivity index (χ4v) is 2.47. The zero-order valence-corrected chi connectivity index (χ0v) is 16.2. The van der Waals surface area contributed by atoms with E-state index >= 15 is 0 Å². The topological polar surface area (TPSA) is 75.7 Å². The standard InChI is InChI=1S/C21H24N2O4/c1-14-7-6-8-17(13-14)19(25)23(21(2,3)4)22-18(24)15-9-11-16(12-10-15)20(26)27-5/h6-13H,1-5H3,(H,22,24). The molecule has 2 amide bonds. The first-order valence-corrected chi connectivity index (χ1v) is 8.54. The van der Waals surface area contributed by atoms with Crippen LogP contribution in [0.5, 0.6) is 0 Å². The van der Waals surface area contributed by atoms with Crippen molar-refractivity contribution in [2.75, 3.05) is 7.11 Å². The minimum atomic E-state index is -0.636. The van der Waals surface area contributed by atoms with Gasteiger partial charge in [0.1, 0.15) is 0 Å². The van der Waals surface area contributed by atoms with Crippen LogP contribution in [0, 0.1) is 6.92 Å². The second-order valence-corrected chi connectivity index (χ2v) is 7.19. The normalized spacial score (nSPS) is 10.9. The van der Waals surface area contributed by atoms with Crippen LogP contribution in [0.25, 0.3) is 0 Å². The number of carbonyl (C=O) groups excluding carboxylic acids is 3. The number of ether oxygens (including phenoxy) is 1. The third-order valence-corrected chi connectivity index (χ3v) is 3.92. The summed E-state index contributed by atoms with van der Waals surface area (Å²) < 4.78 is 4.64. The van der Waals surface area contributed by atoms with Gasteiger partial charge in [-0.3, -0.25) is 15.0 Å². The third kappa shape index (κ3) is 4.94. The summed E-state index contributed by atoms with van der Waals surface area (Å²) in [5.41, 5.74) is 4.17. The number of nitrogens with one attached hydrogen (secondary N) is 1. The molecule has 2 aromatic rings. The van der Waals surface area contributed by atoms with Crippen molar-refractivity contribution in [1.82, 2.24) is 10.4 Å². The molecule has 0 aliphatic heterocycles. The molecule has 142 valence electrons. The Labute approximate surface area is 159 Å². The summed E-state index contributed by atoms with van der Waals surface area (Å²) in [6, 6.07) is 13.2. The highest BCUT2D eigenvalue weighted by atomic mass is 16.5. The molecule has 2 rings (SSSR count). The van der Waals surface area contributed by atoms with Crippen LogP contribution in [0.15, 0.2) is 48.5 Å². The Hall–Kier alpha value is -3.15. The van der Waals surface area contributed by atoms with Crippen LogP contribution in [-0.2, 0) is 4.74 Å². The van der Waals surface area contributed by atoms with Crippen LogP contribution < -0.4 is 5.43 Å². The molecule has 1 N–H and O–H groups in total. The maximum atomic E-state index is 12.9. The predicted molar refractivity (Wildman–Crippen MR) is 102 cm³/mol. The predicted octanol–water partition coefficient (Wildman–Crippen LogP) is 3.37. The molecule has 0 atom stereocenters. The summed E-state index contributed by atoms with van der Waals surface area (Å²) in [7, 11) is 1.29. The molecular formula is C21H24N2O4. The molecule has 0 heterocycles. The Morgan fingerprint density at radius 3 is 2.04 bits per heavy atom. The number of benzene rings is 2. The molecule has 0 unspecified atom stereocenters. The van der Waals surface area contributed by atoms with Gasteiger partial charge in [-0.15, -0.1) is 0 Å². The zero-order valence-electron chi connectivity index (χ0n) is 16.2. The number of nitrogens with zero attached hydrogens (tertiary/aromatic N) is 1. The molecule has 0 aliphatic rings. The largest absolute Gasteiger partial charge is 0.465 e. The maximum absolute atomic E-state index is 12.9. The average molecular weight is 368 g/mol. The number of aryl methyl sites for hydroxylation is 1. The first-order chi connectivity index (χ1) is 12.6. The molecule has 0 aromatic heterocycles. The van der Waals surface area contributed by atoms with E-state index in [1.54, 1.807) is 18.2 Å². The summed E-state index contributed by atoms with van der Waals surface area (Å²) in [5.74, 6) is -1.22. The van der Waals surface area contributed by atoms with Crippen molar-refractivity contribution in [3.63, 3.8) is 0 Å². The van der Waals surface area contributed by atoms with Gasteiger partial charge in [0.2, 0.25) is 0 Å². The minimum Gasteiger partial charge on any atom is -0.465 e. The smallest absolute Gasteiger partial charge is 0.337 e. The number of hydrogen-bond acceptors (Lipinski definition) is 4. The number of hydrazine groups is 1. The second-order valence-electron chi connectivity index (χ2n) is 7.19. The summed E-state index contributed by atoms with van der Waals surface area (Å²) in [4.78, 5) is 37.1. The second kappa shape index (κ2) is 8.03. The lowest BCUT2D eigenvalue weighted by Gasteiger charge is -2.35. The van der Waals surface area contributed by atoms with E-state index in [0.717, 1.165) is 5.56 Å². The highest BCUT2D eigenvalue weighted by Crippen LogP contribution is 2.17. The fraction of sp³-hybridized carbons (Fsp3) is 0.286. The van der Waals surface area contributed by atoms with Crippen molar-refractivity contribution < 1.29 is 19.1 Å². The fourth-order valence-electron chi connectivity index (χ4n) is 2.47. The molecule has 0 aliphatic carbocycles. The molecule has 0 saturated carbocycles. The van der Waals surface area contributed by atoms with Gasteiger partial charge in [-0.05, 0) is 64.1 Å². The molecule has 6 nitrogen and oxygen atoms in total. The van der Waals surface area contributed by atoms with Crippen LogP contribution in [0.3, 0.4) is 0 Å². The van der Waals surface area contributed by atoms with Crippen molar-refractivity contribution in [1.29, 1.82) is 0 Å². The third-order valence-electron chi connectivity index (χ3n) is 3.92. The first-order valence-electron chi connectivity index (χ1n) is 8.54. The van der Waals surface area contributed by atoms with Gasteiger partial charge >= 0.3 is 5.97 Å². The first kappa shape index (κ1) is 20.2. The number of methoxy groups -OCH3 is 1. The molecule has 6 heteroatoms. The van der Waals surface area contributed by atoms with Crippen LogP contribution in [-0.4, -0.2) is 35.4 Å². The van der Waals surface area contributed by atoms with E-state index in [0.29, 0.717) is 16.7 Å². The van der Waals surface area contributed by atoms with E-state index in [2.05, 4.69) is 10.2 Å². The molecule has 0 radical (unpaired) electrons. The van der Waals surface area contributed by atoms with E-state index in [1.165, 1.54) is 36.4 Å². The average Bonchev–Trinajstić information content (AvgIpc) is 2.64. The number of rotatable bonds is 3. The highest BCUT2D eigenvalue weighted by molar-refractivity contribution is 6.00. The molecule has 0 saturated heterocycles. The van der Waals surface area contributed by atoms with E-state index in [9.17, 15) is 14.4 Å². The molecule has 2 aromatic carbocycles. The van der Waals surface area contributed by atoms with Crippen LogP contribution >= 0.6 is 0 Å². The van der Waals surface area contributed by atoms with Gasteiger partial charge in [0.05, 0.1) is 18.2 Å². The van der Waals surface area contributed by atoms with Crippen molar-refractivity contribution >= 4 is 17.8 Å². The summed E-state index contributed by atoms with van der Waals surface area (Å²) in [5, 5.41) is 1.32. The van der Waals surface area contributed by atoms with E-state index < -0.39 is 17.4 Å². The lowest BCUT2D eigenvalue weighted by atomic mass is 10.1. The Bertz CT molecular complexity index is 851. The molecule has 0 fully saturated rings. The van der Waals surface area contributed by atoms with Gasteiger partial charge in [0.15, 0.2) is 0 Å². The molecular weight excluding hydrogens is 344 g/mol. The summed E-state index contributed by atoms with van der Waals surface area (Å²) >= 11 is 0. The van der Waals surface area contributed by atoms with Gasteiger partial charge in [0.25, 0.3) is 11.8 Å². The number of amides is 2. The molecule has 27 heavy (non-hydrogen) atoms. The highest BCUT2D eigenvalue weighted by Gasteiger charge is 2.29. The lowest BCUT2D eigenvalue weighted by molar-refractivity contribution is 0.0358. The van der Waals surface area contributed by atoms with Crippen molar-refractivity contribution in [2.45, 2.75) is 33.2 Å². The van der Waals surface area contributed by atoms with Crippen molar-refractivity contribution in [3.8, 4) is 0 Å². The summed E-state index contributed by atoms with van der Waals surface area (Å²) in [6.07, 6.45) is 0. The molecule has 0 bridgehead atoms. The van der Waals surface area contributed by atoms with E-state index in [1.807, 2.05) is 33.8 Å². The van der Waals surface area contributed by atoms with Gasteiger partial charge in [-0.2, -0.15) is 0 Å². The molecule has 0 spiro atoms. The van der Waals surface area contributed by atoms with Gasteiger partial charge in [0, 0.05) is 11.1 Å². The Morgan fingerprint density at radius 2 is 1.52 bits per heavy atom. The van der Waals surface area contributed by atoms with E-state index in [-0.39, 0.29) is 5.91 Å². The summed E-state index contributed by atoms with van der Waals surface area (Å²) in [6.45, 7) is 7.41. The lowest BCUT2D eigenvalue weighted by Crippen LogP contribution is -2.55. The quantitative estimate of drug-likeness (QED) is 0.666. The van der Waals surface area contributed by atoms with Crippen LogP contribution in [0.1, 0.15) is 57.4 Å². The number of hydrogen-bond donors (Lipinski definition) is 1. The minimum absolute atomic E-state index is 0.300. The van der Waals surface area contributed by atoms with Gasteiger partial charge in [-0.1, -0.05) is 17.7 Å². The SMILES string of the molecule is COC(=O)c1ccc(C(=O)NN(C(=O)c2cccc(C)c2)C(C)(C)C)cc1. The van der Waals surface area contributed by atoms with Crippen molar-refractivity contribution in [2.24, 2.45) is 0 Å². The Balaban J connectivity index is 2.24. The number of esters is 1. The zero-order chi connectivity index (χ0) is 20.2. The Kier molecular flexibility index (Phi) is 6.00. The van der Waals surface area contributed by atoms with Crippen molar-refractivity contribution in [3.05, 3.63) is 70.8 Å². The van der Waals surface area contributed by atoms with Gasteiger partial charge in [-0.25, -0.2) is 9.80 Å². The monoisotopic (exact) mass is 368 g/mol. The number of carbonyl (C=O) groups is 3. The Morgan fingerprint density at radius 1 is 0.926 bits per heavy atom. The van der Waals surface area contributed by atoms with E-state index in [4.69, 9.17) is 0 Å². The maximum Gasteiger partial charge on any atom is 0.337 e. The van der Waals surface area contributed by atoms with Crippen LogP contribution in [0.4, 0.5) is 0 Å².